The average Bonchev–Trinajstić information content (AvgIpc) is 2.74. The molecule has 2 aromatic rings. The van der Waals surface area contributed by atoms with Gasteiger partial charge in [0.1, 0.15) is 5.82 Å². The van der Waals surface area contributed by atoms with Crippen LogP contribution in [0.4, 0.5) is 10.9 Å². The Bertz CT molecular complexity index is 514. The molecule has 0 radical (unpaired) electrons. The van der Waals surface area contributed by atoms with E-state index in [0.29, 0.717) is 15.2 Å². The van der Waals surface area contributed by atoms with E-state index in [1.807, 2.05) is 0 Å². The third-order valence-corrected chi connectivity index (χ3v) is 2.90. The summed E-state index contributed by atoms with van der Waals surface area (Å²) in [6.07, 6.45) is 3.15. The number of halogens is 1. The molecule has 0 aromatic carbocycles. The molecule has 0 spiro atoms. The predicted molar refractivity (Wildman–Crippen MR) is 66.4 cm³/mol. The number of anilines is 2. The van der Waals surface area contributed by atoms with E-state index in [9.17, 15) is 4.79 Å². The standard InChI is InChI=1S/C9H7BrN4OS/c10-5-3-6(7(11)13-4-5)8(15)14-9-12-1-2-16-9/h1-4H,(H2,11,13)(H,12,14,15). The van der Waals surface area contributed by atoms with Gasteiger partial charge in [0.05, 0.1) is 5.56 Å². The lowest BCUT2D eigenvalue weighted by Gasteiger charge is -2.04. The van der Waals surface area contributed by atoms with Crippen LogP contribution >= 0.6 is 27.3 Å². The summed E-state index contributed by atoms with van der Waals surface area (Å²) >= 11 is 4.57. The Morgan fingerprint density at radius 3 is 3.00 bits per heavy atom. The van der Waals surface area contributed by atoms with E-state index in [-0.39, 0.29) is 11.7 Å². The fourth-order valence-corrected chi connectivity index (χ4v) is 1.94. The number of carbonyl (C=O) groups is 1. The molecule has 7 heteroatoms. The summed E-state index contributed by atoms with van der Waals surface area (Å²) in [6, 6.07) is 1.62. The van der Waals surface area contributed by atoms with Crippen LogP contribution in [0.15, 0.2) is 28.3 Å². The third-order valence-electron chi connectivity index (χ3n) is 1.78. The van der Waals surface area contributed by atoms with Crippen LogP contribution in [0.1, 0.15) is 10.4 Å². The summed E-state index contributed by atoms with van der Waals surface area (Å²) in [7, 11) is 0. The highest BCUT2D eigenvalue weighted by Crippen LogP contribution is 2.18. The van der Waals surface area contributed by atoms with Gasteiger partial charge in [-0.25, -0.2) is 9.97 Å². The van der Waals surface area contributed by atoms with Crippen molar-refractivity contribution in [3.8, 4) is 0 Å². The number of rotatable bonds is 2. The number of nitrogens with two attached hydrogens (primary N) is 1. The van der Waals surface area contributed by atoms with Crippen molar-refractivity contribution in [3.05, 3.63) is 33.9 Å². The molecule has 1 amide bonds. The summed E-state index contributed by atoms with van der Waals surface area (Å²) in [5.41, 5.74) is 5.93. The quantitative estimate of drug-likeness (QED) is 0.890. The molecule has 0 bridgehead atoms. The second kappa shape index (κ2) is 4.58. The molecule has 3 N–H and O–H groups in total. The van der Waals surface area contributed by atoms with Crippen LogP contribution in [0.2, 0.25) is 0 Å². The van der Waals surface area contributed by atoms with Crippen LogP contribution < -0.4 is 11.1 Å². The Labute approximate surface area is 104 Å². The van der Waals surface area contributed by atoms with Gasteiger partial charge in [-0.05, 0) is 22.0 Å². The van der Waals surface area contributed by atoms with Crippen molar-refractivity contribution >= 4 is 44.1 Å². The minimum Gasteiger partial charge on any atom is -0.383 e. The van der Waals surface area contributed by atoms with Crippen LogP contribution in [0.3, 0.4) is 0 Å². The number of hydrogen-bond acceptors (Lipinski definition) is 5. The minimum atomic E-state index is -0.318. The molecule has 82 valence electrons. The van der Waals surface area contributed by atoms with Crippen LogP contribution in [0.5, 0.6) is 0 Å². The van der Waals surface area contributed by atoms with Gasteiger partial charge in [0.15, 0.2) is 5.13 Å². The molecule has 0 fully saturated rings. The van der Waals surface area contributed by atoms with Crippen molar-refractivity contribution in [2.75, 3.05) is 11.1 Å². The molecule has 16 heavy (non-hydrogen) atoms. The van der Waals surface area contributed by atoms with Gasteiger partial charge in [0, 0.05) is 22.2 Å². The monoisotopic (exact) mass is 298 g/mol. The zero-order chi connectivity index (χ0) is 11.5. The Morgan fingerprint density at radius 2 is 2.31 bits per heavy atom. The number of nitrogen functional groups attached to an aromatic ring is 1. The first-order valence-electron chi connectivity index (χ1n) is 4.28. The first-order valence-corrected chi connectivity index (χ1v) is 5.96. The molecule has 0 aliphatic carbocycles. The molecule has 5 nitrogen and oxygen atoms in total. The van der Waals surface area contributed by atoms with E-state index in [4.69, 9.17) is 5.73 Å². The predicted octanol–water partition coefficient (Wildman–Crippen LogP) is 2.14. The lowest BCUT2D eigenvalue weighted by atomic mass is 10.2. The smallest absolute Gasteiger partial charge is 0.261 e. The number of pyridine rings is 1. The molecular formula is C9H7BrN4OS. The Kier molecular flexibility index (Phi) is 3.16. The Morgan fingerprint density at radius 1 is 1.50 bits per heavy atom. The number of hydrogen-bond donors (Lipinski definition) is 2. The summed E-state index contributed by atoms with van der Waals surface area (Å²) < 4.78 is 0.700. The van der Waals surface area contributed by atoms with Crippen LogP contribution in [0, 0.1) is 0 Å². The van der Waals surface area contributed by atoms with E-state index in [2.05, 4.69) is 31.2 Å². The van der Waals surface area contributed by atoms with E-state index in [1.54, 1.807) is 17.6 Å². The maximum Gasteiger partial charge on any atom is 0.261 e. The van der Waals surface area contributed by atoms with Gasteiger partial charge in [-0.15, -0.1) is 11.3 Å². The maximum absolute atomic E-state index is 11.8. The van der Waals surface area contributed by atoms with Gasteiger partial charge in [-0.1, -0.05) is 0 Å². The number of nitrogens with zero attached hydrogens (tertiary/aromatic N) is 2. The Hall–Kier alpha value is -1.47. The molecule has 0 aliphatic heterocycles. The highest BCUT2D eigenvalue weighted by Gasteiger charge is 2.12. The lowest BCUT2D eigenvalue weighted by molar-refractivity contribution is 0.102. The van der Waals surface area contributed by atoms with Crippen molar-refractivity contribution in [3.63, 3.8) is 0 Å². The highest BCUT2D eigenvalue weighted by molar-refractivity contribution is 9.10. The van der Waals surface area contributed by atoms with Gasteiger partial charge in [0.2, 0.25) is 0 Å². The highest BCUT2D eigenvalue weighted by atomic mass is 79.9. The van der Waals surface area contributed by atoms with Crippen LogP contribution in [0.25, 0.3) is 0 Å². The first kappa shape index (κ1) is 11.0. The fourth-order valence-electron chi connectivity index (χ4n) is 1.08. The van der Waals surface area contributed by atoms with E-state index < -0.39 is 0 Å². The van der Waals surface area contributed by atoms with Crippen molar-refractivity contribution in [2.24, 2.45) is 0 Å². The number of amides is 1. The molecule has 2 aromatic heterocycles. The molecule has 2 heterocycles. The second-order valence-electron chi connectivity index (χ2n) is 2.88. The van der Waals surface area contributed by atoms with Crippen molar-refractivity contribution in [2.45, 2.75) is 0 Å². The number of thiazole rings is 1. The number of aromatic nitrogens is 2. The molecule has 0 aliphatic rings. The zero-order valence-electron chi connectivity index (χ0n) is 7.98. The van der Waals surface area contributed by atoms with Gasteiger partial charge >= 0.3 is 0 Å². The average molecular weight is 299 g/mol. The van der Waals surface area contributed by atoms with E-state index >= 15 is 0 Å². The van der Waals surface area contributed by atoms with Gasteiger partial charge < -0.3 is 5.73 Å². The largest absolute Gasteiger partial charge is 0.383 e. The summed E-state index contributed by atoms with van der Waals surface area (Å²) in [5.74, 6) is -0.126. The lowest BCUT2D eigenvalue weighted by Crippen LogP contribution is -2.14. The minimum absolute atomic E-state index is 0.192. The van der Waals surface area contributed by atoms with Crippen LogP contribution in [-0.4, -0.2) is 15.9 Å². The normalized spacial score (nSPS) is 10.1. The molecule has 2 rings (SSSR count). The summed E-state index contributed by atoms with van der Waals surface area (Å²) in [6.45, 7) is 0. The van der Waals surface area contributed by atoms with Crippen LogP contribution in [-0.2, 0) is 0 Å². The molecular weight excluding hydrogens is 292 g/mol. The fraction of sp³-hybridized carbons (Fsp3) is 0. The van der Waals surface area contributed by atoms with Gasteiger partial charge in [-0.2, -0.15) is 0 Å². The number of nitrogens with one attached hydrogen (secondary N) is 1. The van der Waals surface area contributed by atoms with Gasteiger partial charge in [-0.3, -0.25) is 10.1 Å². The SMILES string of the molecule is Nc1ncc(Br)cc1C(=O)Nc1nccs1. The second-order valence-corrected chi connectivity index (χ2v) is 4.69. The molecule has 0 atom stereocenters. The van der Waals surface area contributed by atoms with Crippen molar-refractivity contribution < 1.29 is 4.79 Å². The number of carbonyl (C=O) groups excluding carboxylic acids is 1. The molecule has 0 saturated heterocycles. The first-order chi connectivity index (χ1) is 7.66. The third kappa shape index (κ3) is 2.37. The summed E-state index contributed by atoms with van der Waals surface area (Å²) in [4.78, 5) is 19.6. The summed E-state index contributed by atoms with van der Waals surface area (Å²) in [5, 5.41) is 4.94. The van der Waals surface area contributed by atoms with E-state index in [1.165, 1.54) is 17.5 Å². The molecule has 0 saturated carbocycles. The van der Waals surface area contributed by atoms with Crippen molar-refractivity contribution in [1.82, 2.24) is 9.97 Å². The molecule has 0 unspecified atom stereocenters. The zero-order valence-corrected chi connectivity index (χ0v) is 10.4. The van der Waals surface area contributed by atoms with Gasteiger partial charge in [0.25, 0.3) is 5.91 Å². The Balaban J connectivity index is 2.24. The van der Waals surface area contributed by atoms with E-state index in [0.717, 1.165) is 0 Å². The maximum atomic E-state index is 11.8. The van der Waals surface area contributed by atoms with Crippen molar-refractivity contribution in [1.29, 1.82) is 0 Å². The topological polar surface area (TPSA) is 80.9 Å².